The fourth-order valence-corrected chi connectivity index (χ4v) is 3.01. The summed E-state index contributed by atoms with van der Waals surface area (Å²) >= 11 is 12.0. The van der Waals surface area contributed by atoms with Gasteiger partial charge in [-0.05, 0) is 18.2 Å². The number of ether oxygens (including phenoxy) is 1. The molecular formula is C17H20Cl2N4O2. The smallest absolute Gasteiger partial charge is 0.233 e. The largest absolute Gasteiger partial charge is 0.475 e. The van der Waals surface area contributed by atoms with Crippen LogP contribution in [0.1, 0.15) is 6.92 Å². The number of hydrogen-bond acceptors (Lipinski definition) is 4. The molecule has 0 aliphatic carbocycles. The van der Waals surface area contributed by atoms with E-state index in [0.29, 0.717) is 22.5 Å². The van der Waals surface area contributed by atoms with Gasteiger partial charge in [-0.15, -0.1) is 5.10 Å². The van der Waals surface area contributed by atoms with Crippen LogP contribution in [-0.4, -0.2) is 64.8 Å². The van der Waals surface area contributed by atoms with Crippen molar-refractivity contribution in [3.8, 4) is 11.6 Å². The molecule has 1 fully saturated rings. The molecule has 6 nitrogen and oxygen atoms in total. The van der Waals surface area contributed by atoms with E-state index in [1.807, 2.05) is 23.2 Å². The Hall–Kier alpha value is -1.76. The molecule has 1 aliphatic rings. The molecule has 25 heavy (non-hydrogen) atoms. The highest BCUT2D eigenvalue weighted by Crippen LogP contribution is 2.24. The Morgan fingerprint density at radius 2 is 1.92 bits per heavy atom. The summed E-state index contributed by atoms with van der Waals surface area (Å²) in [5.41, 5.74) is 0.824. The SMILES string of the molecule is CC(=O)N1CCN(CCOc2ccn(-c3ccc(Cl)c(Cl)c3)n2)CC1. The number of hydrogen-bond donors (Lipinski definition) is 0. The second-order valence-corrected chi connectivity index (χ2v) is 6.71. The Labute approximate surface area is 156 Å². The van der Waals surface area contributed by atoms with Gasteiger partial charge in [0.1, 0.15) is 6.61 Å². The first kappa shape index (κ1) is 18.0. The second kappa shape index (κ2) is 8.08. The van der Waals surface area contributed by atoms with Crippen LogP contribution in [0.3, 0.4) is 0 Å². The maximum Gasteiger partial charge on any atom is 0.233 e. The van der Waals surface area contributed by atoms with Gasteiger partial charge in [0, 0.05) is 51.9 Å². The molecule has 1 amide bonds. The van der Waals surface area contributed by atoms with Crippen molar-refractivity contribution in [1.29, 1.82) is 0 Å². The van der Waals surface area contributed by atoms with E-state index in [9.17, 15) is 4.79 Å². The third kappa shape index (κ3) is 4.66. The lowest BCUT2D eigenvalue weighted by atomic mass is 10.3. The number of rotatable bonds is 5. The molecule has 3 rings (SSSR count). The van der Waals surface area contributed by atoms with E-state index in [4.69, 9.17) is 27.9 Å². The number of carbonyl (C=O) groups excluding carboxylic acids is 1. The summed E-state index contributed by atoms with van der Waals surface area (Å²) < 4.78 is 7.42. The third-order valence-corrected chi connectivity index (χ3v) is 4.95. The van der Waals surface area contributed by atoms with Crippen LogP contribution >= 0.6 is 23.2 Å². The first-order chi connectivity index (χ1) is 12.0. The Morgan fingerprint density at radius 1 is 1.16 bits per heavy atom. The number of amides is 1. The zero-order valence-electron chi connectivity index (χ0n) is 14.0. The van der Waals surface area contributed by atoms with E-state index in [1.54, 1.807) is 23.7 Å². The molecule has 1 aromatic heterocycles. The summed E-state index contributed by atoms with van der Waals surface area (Å²) in [6, 6.07) is 7.16. The van der Waals surface area contributed by atoms with Crippen LogP contribution in [0.2, 0.25) is 10.0 Å². The maximum absolute atomic E-state index is 11.3. The second-order valence-electron chi connectivity index (χ2n) is 5.89. The van der Waals surface area contributed by atoms with Gasteiger partial charge < -0.3 is 9.64 Å². The van der Waals surface area contributed by atoms with Crippen molar-refractivity contribution in [2.24, 2.45) is 0 Å². The summed E-state index contributed by atoms with van der Waals surface area (Å²) in [4.78, 5) is 15.5. The molecule has 0 atom stereocenters. The van der Waals surface area contributed by atoms with Crippen molar-refractivity contribution in [1.82, 2.24) is 19.6 Å². The maximum atomic E-state index is 11.3. The Morgan fingerprint density at radius 3 is 2.60 bits per heavy atom. The third-order valence-electron chi connectivity index (χ3n) is 4.21. The molecule has 0 unspecified atom stereocenters. The average Bonchev–Trinajstić information content (AvgIpc) is 3.07. The molecular weight excluding hydrogens is 363 g/mol. The Kier molecular flexibility index (Phi) is 5.83. The molecule has 0 radical (unpaired) electrons. The van der Waals surface area contributed by atoms with Gasteiger partial charge in [0.15, 0.2) is 0 Å². The molecule has 8 heteroatoms. The first-order valence-corrected chi connectivity index (χ1v) is 8.90. The standard InChI is InChI=1S/C17H20Cl2N4O2/c1-13(24)22-8-6-21(7-9-22)10-11-25-17-4-5-23(20-17)14-2-3-15(18)16(19)12-14/h2-5,12H,6-11H2,1H3. The molecule has 0 bridgehead atoms. The minimum atomic E-state index is 0.142. The van der Waals surface area contributed by atoms with Crippen LogP contribution in [-0.2, 0) is 4.79 Å². The summed E-state index contributed by atoms with van der Waals surface area (Å²) in [6.07, 6.45) is 1.82. The van der Waals surface area contributed by atoms with Crippen LogP contribution < -0.4 is 4.74 Å². The highest BCUT2D eigenvalue weighted by molar-refractivity contribution is 6.42. The molecule has 1 aliphatic heterocycles. The fourth-order valence-electron chi connectivity index (χ4n) is 2.72. The van der Waals surface area contributed by atoms with Gasteiger partial charge in [0.25, 0.3) is 0 Å². The summed E-state index contributed by atoms with van der Waals surface area (Å²) in [5, 5.41) is 5.39. The van der Waals surface area contributed by atoms with Gasteiger partial charge in [-0.1, -0.05) is 23.2 Å². The van der Waals surface area contributed by atoms with E-state index in [2.05, 4.69) is 10.00 Å². The van der Waals surface area contributed by atoms with Gasteiger partial charge in [-0.3, -0.25) is 9.69 Å². The van der Waals surface area contributed by atoms with Crippen LogP contribution in [0.15, 0.2) is 30.5 Å². The average molecular weight is 383 g/mol. The van der Waals surface area contributed by atoms with Crippen molar-refractivity contribution in [2.75, 3.05) is 39.3 Å². The highest BCUT2D eigenvalue weighted by Gasteiger charge is 2.18. The lowest BCUT2D eigenvalue weighted by Gasteiger charge is -2.33. The predicted molar refractivity (Wildman–Crippen MR) is 97.8 cm³/mol. The molecule has 1 aromatic carbocycles. The van der Waals surface area contributed by atoms with E-state index >= 15 is 0 Å². The van der Waals surface area contributed by atoms with Crippen molar-refractivity contribution in [3.05, 3.63) is 40.5 Å². The Bertz CT molecular complexity index is 742. The molecule has 0 saturated carbocycles. The lowest BCUT2D eigenvalue weighted by molar-refractivity contribution is -0.130. The van der Waals surface area contributed by atoms with Crippen molar-refractivity contribution >= 4 is 29.1 Å². The van der Waals surface area contributed by atoms with E-state index in [-0.39, 0.29) is 5.91 Å². The first-order valence-electron chi connectivity index (χ1n) is 8.15. The van der Waals surface area contributed by atoms with Gasteiger partial charge >= 0.3 is 0 Å². The number of benzene rings is 1. The van der Waals surface area contributed by atoms with E-state index in [0.717, 1.165) is 38.4 Å². The van der Waals surface area contributed by atoms with Crippen LogP contribution in [0, 0.1) is 0 Å². The topological polar surface area (TPSA) is 50.6 Å². The number of halogens is 2. The summed E-state index contributed by atoms with van der Waals surface area (Å²) in [6.45, 7) is 6.29. The molecule has 0 N–H and O–H groups in total. The quantitative estimate of drug-likeness (QED) is 0.797. The zero-order chi connectivity index (χ0) is 17.8. The monoisotopic (exact) mass is 382 g/mol. The summed E-state index contributed by atoms with van der Waals surface area (Å²) in [7, 11) is 0. The van der Waals surface area contributed by atoms with Crippen LogP contribution in [0.25, 0.3) is 5.69 Å². The van der Waals surface area contributed by atoms with Gasteiger partial charge in [0.2, 0.25) is 11.8 Å². The van der Waals surface area contributed by atoms with Gasteiger partial charge in [-0.25, -0.2) is 4.68 Å². The predicted octanol–water partition coefficient (Wildman–Crippen LogP) is 2.72. The van der Waals surface area contributed by atoms with Crippen molar-refractivity contribution < 1.29 is 9.53 Å². The number of piperazine rings is 1. The molecule has 1 saturated heterocycles. The van der Waals surface area contributed by atoms with Gasteiger partial charge in [0.05, 0.1) is 15.7 Å². The molecule has 2 heterocycles. The van der Waals surface area contributed by atoms with Crippen molar-refractivity contribution in [2.45, 2.75) is 6.92 Å². The van der Waals surface area contributed by atoms with E-state index < -0.39 is 0 Å². The molecule has 2 aromatic rings. The van der Waals surface area contributed by atoms with Gasteiger partial charge in [-0.2, -0.15) is 0 Å². The van der Waals surface area contributed by atoms with Crippen LogP contribution in [0.4, 0.5) is 0 Å². The van der Waals surface area contributed by atoms with Crippen LogP contribution in [0.5, 0.6) is 5.88 Å². The Balaban J connectivity index is 1.48. The highest BCUT2D eigenvalue weighted by atomic mass is 35.5. The zero-order valence-corrected chi connectivity index (χ0v) is 15.5. The normalized spacial score (nSPS) is 15.4. The molecule has 0 spiro atoms. The molecule has 134 valence electrons. The fraction of sp³-hybridized carbons (Fsp3) is 0.412. The van der Waals surface area contributed by atoms with E-state index in [1.165, 1.54) is 0 Å². The number of carbonyl (C=O) groups is 1. The summed E-state index contributed by atoms with van der Waals surface area (Å²) in [5.74, 6) is 0.706. The van der Waals surface area contributed by atoms with Crippen molar-refractivity contribution in [3.63, 3.8) is 0 Å². The minimum absolute atomic E-state index is 0.142. The number of nitrogens with zero attached hydrogens (tertiary/aromatic N) is 4. The lowest BCUT2D eigenvalue weighted by Crippen LogP contribution is -2.48. The number of aromatic nitrogens is 2. The minimum Gasteiger partial charge on any atom is -0.475 e.